The van der Waals surface area contributed by atoms with Crippen LogP contribution in [-0.4, -0.2) is 17.5 Å². The second-order valence-corrected chi connectivity index (χ2v) is 4.74. The molecule has 2 N–H and O–H groups in total. The van der Waals surface area contributed by atoms with Crippen molar-refractivity contribution in [3.63, 3.8) is 0 Å². The fraction of sp³-hybridized carbons (Fsp3) is 0.455. The maximum Gasteiger partial charge on any atom is 0.0208 e. The first-order valence-electron chi connectivity index (χ1n) is 4.68. The van der Waals surface area contributed by atoms with E-state index in [2.05, 4.69) is 31.2 Å². The van der Waals surface area contributed by atoms with E-state index in [0.717, 1.165) is 5.75 Å². The summed E-state index contributed by atoms with van der Waals surface area (Å²) in [5.74, 6) is 2.87. The van der Waals surface area contributed by atoms with Gasteiger partial charge in [0.25, 0.3) is 0 Å². The van der Waals surface area contributed by atoms with E-state index in [1.54, 1.807) is 0 Å². The van der Waals surface area contributed by atoms with Crippen molar-refractivity contribution in [3.05, 3.63) is 35.4 Å². The van der Waals surface area contributed by atoms with Gasteiger partial charge in [0.2, 0.25) is 0 Å². The minimum atomic E-state index is 0.353. The van der Waals surface area contributed by atoms with Crippen molar-refractivity contribution in [1.82, 2.24) is 0 Å². The Morgan fingerprint density at radius 2 is 2.08 bits per heavy atom. The molecule has 70 valence electrons. The molecule has 0 saturated carbocycles. The van der Waals surface area contributed by atoms with Crippen LogP contribution in [0.2, 0.25) is 0 Å². The van der Waals surface area contributed by atoms with Gasteiger partial charge in [-0.25, -0.2) is 0 Å². The lowest BCUT2D eigenvalue weighted by molar-refractivity contribution is 0.650. The molecule has 1 aliphatic rings. The third kappa shape index (κ3) is 1.74. The van der Waals surface area contributed by atoms with E-state index in [1.807, 2.05) is 11.8 Å². The fourth-order valence-electron chi connectivity index (χ4n) is 1.89. The SMILES string of the molecule is Cc1ccccc1C1CSCC1N. The Bertz CT molecular complexity index is 298. The molecule has 13 heavy (non-hydrogen) atoms. The molecule has 1 aromatic carbocycles. The number of nitrogens with two attached hydrogens (primary N) is 1. The molecule has 1 heterocycles. The summed E-state index contributed by atoms with van der Waals surface area (Å²) >= 11 is 1.97. The van der Waals surface area contributed by atoms with Crippen LogP contribution in [0.5, 0.6) is 0 Å². The predicted molar refractivity (Wildman–Crippen MR) is 59.2 cm³/mol. The van der Waals surface area contributed by atoms with E-state index in [4.69, 9.17) is 5.73 Å². The molecular weight excluding hydrogens is 178 g/mol. The number of rotatable bonds is 1. The smallest absolute Gasteiger partial charge is 0.0208 e. The topological polar surface area (TPSA) is 26.0 Å². The minimum Gasteiger partial charge on any atom is -0.326 e. The summed E-state index contributed by atoms with van der Waals surface area (Å²) in [7, 11) is 0. The second-order valence-electron chi connectivity index (χ2n) is 3.66. The highest BCUT2D eigenvalue weighted by Gasteiger charge is 2.26. The zero-order chi connectivity index (χ0) is 9.26. The lowest BCUT2D eigenvalue weighted by atomic mass is 9.92. The van der Waals surface area contributed by atoms with Gasteiger partial charge in [-0.3, -0.25) is 0 Å². The summed E-state index contributed by atoms with van der Waals surface area (Å²) in [6.45, 7) is 2.17. The van der Waals surface area contributed by atoms with Gasteiger partial charge in [0.1, 0.15) is 0 Å². The first-order valence-corrected chi connectivity index (χ1v) is 5.83. The molecule has 0 aliphatic carbocycles. The number of aryl methyl sites for hydroxylation is 1. The van der Waals surface area contributed by atoms with Crippen LogP contribution in [0.25, 0.3) is 0 Å². The van der Waals surface area contributed by atoms with Gasteiger partial charge in [0, 0.05) is 23.5 Å². The van der Waals surface area contributed by atoms with Gasteiger partial charge in [-0.15, -0.1) is 0 Å². The molecule has 0 spiro atoms. The number of thioether (sulfide) groups is 1. The Morgan fingerprint density at radius 3 is 2.69 bits per heavy atom. The van der Waals surface area contributed by atoms with Gasteiger partial charge in [-0.1, -0.05) is 24.3 Å². The quantitative estimate of drug-likeness (QED) is 0.739. The summed E-state index contributed by atoms with van der Waals surface area (Å²) < 4.78 is 0. The highest BCUT2D eigenvalue weighted by Crippen LogP contribution is 2.32. The van der Waals surface area contributed by atoms with E-state index in [0.29, 0.717) is 12.0 Å². The van der Waals surface area contributed by atoms with Crippen LogP contribution in [0, 0.1) is 6.92 Å². The zero-order valence-electron chi connectivity index (χ0n) is 7.86. The molecule has 1 saturated heterocycles. The number of benzene rings is 1. The predicted octanol–water partition coefficient (Wildman–Crippen LogP) is 2.15. The van der Waals surface area contributed by atoms with Crippen molar-refractivity contribution < 1.29 is 0 Å². The summed E-state index contributed by atoms with van der Waals surface area (Å²) in [5.41, 5.74) is 8.88. The molecule has 2 unspecified atom stereocenters. The summed E-state index contributed by atoms with van der Waals surface area (Å²) in [4.78, 5) is 0. The van der Waals surface area contributed by atoms with Crippen molar-refractivity contribution in [2.45, 2.75) is 18.9 Å². The molecule has 0 bridgehead atoms. The maximum atomic E-state index is 6.06. The van der Waals surface area contributed by atoms with Crippen LogP contribution in [-0.2, 0) is 0 Å². The van der Waals surface area contributed by atoms with Crippen LogP contribution in [0.1, 0.15) is 17.0 Å². The van der Waals surface area contributed by atoms with Crippen LogP contribution < -0.4 is 5.73 Å². The molecular formula is C11H15NS. The third-order valence-electron chi connectivity index (χ3n) is 2.71. The van der Waals surface area contributed by atoms with Gasteiger partial charge in [-0.05, 0) is 18.1 Å². The van der Waals surface area contributed by atoms with Gasteiger partial charge >= 0.3 is 0 Å². The van der Waals surface area contributed by atoms with Gasteiger partial charge in [-0.2, -0.15) is 11.8 Å². The lowest BCUT2D eigenvalue weighted by Gasteiger charge is -2.16. The average molecular weight is 193 g/mol. The molecule has 0 amide bonds. The third-order valence-corrected chi connectivity index (χ3v) is 3.93. The van der Waals surface area contributed by atoms with E-state index in [9.17, 15) is 0 Å². The first-order chi connectivity index (χ1) is 6.29. The Kier molecular flexibility index (Phi) is 2.61. The van der Waals surface area contributed by atoms with E-state index >= 15 is 0 Å². The molecule has 1 aromatic rings. The summed E-state index contributed by atoms with van der Waals surface area (Å²) in [5, 5.41) is 0. The molecule has 2 heteroatoms. The number of hydrogen-bond acceptors (Lipinski definition) is 2. The van der Waals surface area contributed by atoms with Crippen LogP contribution in [0.15, 0.2) is 24.3 Å². The second kappa shape index (κ2) is 3.72. The van der Waals surface area contributed by atoms with Crippen molar-refractivity contribution in [2.75, 3.05) is 11.5 Å². The lowest BCUT2D eigenvalue weighted by Crippen LogP contribution is -2.27. The highest BCUT2D eigenvalue weighted by molar-refractivity contribution is 7.99. The Morgan fingerprint density at radius 1 is 1.31 bits per heavy atom. The van der Waals surface area contributed by atoms with Crippen molar-refractivity contribution in [3.8, 4) is 0 Å². The minimum absolute atomic E-state index is 0.353. The molecule has 1 aliphatic heterocycles. The molecule has 1 fully saturated rings. The van der Waals surface area contributed by atoms with Crippen molar-refractivity contribution in [2.24, 2.45) is 5.73 Å². The molecule has 2 rings (SSSR count). The van der Waals surface area contributed by atoms with E-state index < -0.39 is 0 Å². The molecule has 2 atom stereocenters. The normalized spacial score (nSPS) is 27.8. The van der Waals surface area contributed by atoms with Gasteiger partial charge in [0.05, 0.1) is 0 Å². The van der Waals surface area contributed by atoms with Crippen molar-refractivity contribution >= 4 is 11.8 Å². The zero-order valence-corrected chi connectivity index (χ0v) is 8.68. The summed E-state index contributed by atoms with van der Waals surface area (Å²) in [6, 6.07) is 8.94. The number of hydrogen-bond donors (Lipinski definition) is 1. The van der Waals surface area contributed by atoms with Crippen LogP contribution in [0.4, 0.5) is 0 Å². The Labute approximate surface area is 83.7 Å². The monoisotopic (exact) mass is 193 g/mol. The highest BCUT2D eigenvalue weighted by atomic mass is 32.2. The van der Waals surface area contributed by atoms with E-state index in [-0.39, 0.29) is 0 Å². The van der Waals surface area contributed by atoms with Gasteiger partial charge < -0.3 is 5.73 Å². The molecule has 1 nitrogen and oxygen atoms in total. The van der Waals surface area contributed by atoms with Crippen LogP contribution in [0.3, 0.4) is 0 Å². The first kappa shape index (κ1) is 9.10. The standard InChI is InChI=1S/C11H15NS/c1-8-4-2-3-5-9(8)10-6-13-7-11(10)12/h2-5,10-11H,6-7,12H2,1H3. The Hall–Kier alpha value is -0.470. The Balaban J connectivity index is 2.29. The molecule has 0 radical (unpaired) electrons. The van der Waals surface area contributed by atoms with Gasteiger partial charge in [0.15, 0.2) is 0 Å². The summed E-state index contributed by atoms with van der Waals surface area (Å²) in [6.07, 6.45) is 0. The maximum absolute atomic E-state index is 6.06. The largest absolute Gasteiger partial charge is 0.326 e. The molecule has 0 aromatic heterocycles. The fourth-order valence-corrected chi connectivity index (χ4v) is 3.22. The van der Waals surface area contributed by atoms with E-state index in [1.165, 1.54) is 16.9 Å². The van der Waals surface area contributed by atoms with Crippen molar-refractivity contribution in [1.29, 1.82) is 0 Å². The van der Waals surface area contributed by atoms with Crippen LogP contribution >= 0.6 is 11.8 Å². The average Bonchev–Trinajstić information content (AvgIpc) is 2.52.